The topological polar surface area (TPSA) is 117 Å². The molecule has 164 valence electrons. The van der Waals surface area contributed by atoms with E-state index in [0.717, 1.165) is 42.5 Å². The van der Waals surface area contributed by atoms with Gasteiger partial charge in [0.15, 0.2) is 5.75 Å². The first-order chi connectivity index (χ1) is 15.5. The van der Waals surface area contributed by atoms with E-state index in [2.05, 4.69) is 16.1 Å². The van der Waals surface area contributed by atoms with Crippen LogP contribution in [0, 0.1) is 5.92 Å². The lowest BCUT2D eigenvalue weighted by molar-refractivity contribution is 0.0695. The molecule has 2 aliphatic rings. The second-order valence-electron chi connectivity index (χ2n) is 8.44. The monoisotopic (exact) mass is 450 g/mol. The highest BCUT2D eigenvalue weighted by Gasteiger charge is 2.30. The van der Waals surface area contributed by atoms with Gasteiger partial charge in [-0.2, -0.15) is 0 Å². The van der Waals surface area contributed by atoms with Crippen LogP contribution in [-0.2, 0) is 12.8 Å². The minimum Gasteiger partial charge on any atom is -0.494 e. The number of methoxy groups -OCH3 is 1. The average molecular weight is 451 g/mol. The molecule has 0 spiro atoms. The number of fused-ring (bicyclic) bond motifs is 2. The first-order valence-electron chi connectivity index (χ1n) is 10.6. The molecule has 5 rings (SSSR count). The quantitative estimate of drug-likeness (QED) is 0.316. The number of hydrogen-bond acceptors (Lipinski definition) is 5. The van der Waals surface area contributed by atoms with E-state index in [9.17, 15) is 14.7 Å². The standard InChI is InChI=1S/C23H22N4O4S/c1-31-22-15(19-9-13-8-12(10-25-26-24)2-7-18(13)32-19)5-6-16-20(22)27(14-3-4-14)11-17(21(16)28)23(29)30/h5-6,9,11-12,14H,2-4,7-8,10H2,1H3,(H,29,30). The summed E-state index contributed by atoms with van der Waals surface area (Å²) >= 11 is 1.73. The van der Waals surface area contributed by atoms with Crippen LogP contribution in [0.1, 0.15) is 46.1 Å². The van der Waals surface area contributed by atoms with E-state index in [4.69, 9.17) is 10.3 Å². The van der Waals surface area contributed by atoms with Crippen molar-refractivity contribution in [2.24, 2.45) is 11.0 Å². The number of benzene rings is 1. The molecule has 0 radical (unpaired) electrons. The molecule has 32 heavy (non-hydrogen) atoms. The van der Waals surface area contributed by atoms with Gasteiger partial charge in [-0.05, 0) is 67.3 Å². The third-order valence-electron chi connectivity index (χ3n) is 6.38. The fourth-order valence-electron chi connectivity index (χ4n) is 4.65. The highest BCUT2D eigenvalue weighted by Crippen LogP contribution is 2.45. The number of nitrogens with zero attached hydrogens (tertiary/aromatic N) is 4. The van der Waals surface area contributed by atoms with Crippen LogP contribution in [0.25, 0.3) is 31.8 Å². The molecule has 1 atom stereocenters. The Kier molecular flexibility index (Phi) is 5.15. The summed E-state index contributed by atoms with van der Waals surface area (Å²) in [5.74, 6) is -0.253. The fourth-order valence-corrected chi connectivity index (χ4v) is 5.88. The number of ether oxygens (including phenoxy) is 1. The van der Waals surface area contributed by atoms with E-state index in [-0.39, 0.29) is 11.6 Å². The number of hydrogen-bond donors (Lipinski definition) is 1. The zero-order valence-corrected chi connectivity index (χ0v) is 18.4. The normalized spacial score (nSPS) is 17.6. The third kappa shape index (κ3) is 3.43. The molecular formula is C23H22N4O4S. The van der Waals surface area contributed by atoms with Gasteiger partial charge in [-0.1, -0.05) is 5.11 Å². The number of carboxylic acid groups (broad SMARTS) is 1. The molecule has 9 heteroatoms. The summed E-state index contributed by atoms with van der Waals surface area (Å²) in [4.78, 5) is 29.8. The first-order valence-corrected chi connectivity index (χ1v) is 11.5. The molecule has 0 amide bonds. The van der Waals surface area contributed by atoms with Crippen LogP contribution >= 0.6 is 11.3 Å². The van der Waals surface area contributed by atoms with Crippen molar-refractivity contribution in [2.45, 2.75) is 38.1 Å². The van der Waals surface area contributed by atoms with Gasteiger partial charge in [0, 0.05) is 39.0 Å². The zero-order valence-electron chi connectivity index (χ0n) is 17.6. The van der Waals surface area contributed by atoms with Crippen molar-refractivity contribution in [1.29, 1.82) is 0 Å². The molecule has 1 fully saturated rings. The molecule has 1 aromatic carbocycles. The molecule has 1 unspecified atom stereocenters. The Morgan fingerprint density at radius 2 is 2.19 bits per heavy atom. The van der Waals surface area contributed by atoms with E-state index in [1.165, 1.54) is 16.6 Å². The Labute approximate surface area is 187 Å². The maximum Gasteiger partial charge on any atom is 0.341 e. The maximum absolute atomic E-state index is 12.9. The van der Waals surface area contributed by atoms with Gasteiger partial charge in [-0.15, -0.1) is 11.3 Å². The number of aryl methyl sites for hydroxylation is 1. The minimum atomic E-state index is -1.21. The van der Waals surface area contributed by atoms with Crippen LogP contribution in [0.15, 0.2) is 34.3 Å². The highest BCUT2D eigenvalue weighted by atomic mass is 32.1. The van der Waals surface area contributed by atoms with Gasteiger partial charge in [0.2, 0.25) is 5.43 Å². The molecule has 0 aliphatic heterocycles. The van der Waals surface area contributed by atoms with Gasteiger partial charge < -0.3 is 14.4 Å². The lowest BCUT2D eigenvalue weighted by Gasteiger charge is -2.19. The molecule has 3 aromatic rings. The van der Waals surface area contributed by atoms with Crippen LogP contribution in [0.4, 0.5) is 0 Å². The Morgan fingerprint density at radius 1 is 1.38 bits per heavy atom. The average Bonchev–Trinajstić information content (AvgIpc) is 3.55. The predicted octanol–water partition coefficient (Wildman–Crippen LogP) is 5.19. The van der Waals surface area contributed by atoms with E-state index in [0.29, 0.717) is 29.1 Å². The number of aromatic carboxylic acids is 1. The molecule has 2 heterocycles. The van der Waals surface area contributed by atoms with Crippen LogP contribution in [0.2, 0.25) is 0 Å². The molecule has 8 nitrogen and oxygen atoms in total. The third-order valence-corrected chi connectivity index (χ3v) is 7.65. The number of pyridine rings is 1. The second-order valence-corrected chi connectivity index (χ2v) is 9.58. The lowest BCUT2D eigenvalue weighted by Crippen LogP contribution is -2.19. The molecular weight excluding hydrogens is 428 g/mol. The second kappa shape index (κ2) is 8.00. The SMILES string of the molecule is COc1c(-c2cc3c(s2)CCC(CN=[N+]=[N-])C3)ccc2c(=O)c(C(=O)O)cn(C3CC3)c12. The Hall–Kier alpha value is -3.29. The van der Waals surface area contributed by atoms with Crippen molar-refractivity contribution < 1.29 is 14.6 Å². The molecule has 1 saturated carbocycles. The largest absolute Gasteiger partial charge is 0.494 e. The van der Waals surface area contributed by atoms with Gasteiger partial charge in [0.1, 0.15) is 5.56 Å². The molecule has 1 N–H and O–H groups in total. The summed E-state index contributed by atoms with van der Waals surface area (Å²) in [6.45, 7) is 0.514. The van der Waals surface area contributed by atoms with Crippen molar-refractivity contribution >= 4 is 28.2 Å². The predicted molar refractivity (Wildman–Crippen MR) is 123 cm³/mol. The van der Waals surface area contributed by atoms with E-state index in [1.807, 2.05) is 10.6 Å². The highest BCUT2D eigenvalue weighted by molar-refractivity contribution is 7.15. The number of carboxylic acids is 1. The van der Waals surface area contributed by atoms with E-state index >= 15 is 0 Å². The Bertz CT molecular complexity index is 1350. The van der Waals surface area contributed by atoms with Gasteiger partial charge in [-0.3, -0.25) is 4.79 Å². The molecule has 2 aromatic heterocycles. The van der Waals surface area contributed by atoms with E-state index < -0.39 is 11.4 Å². The minimum absolute atomic E-state index is 0.179. The van der Waals surface area contributed by atoms with Gasteiger partial charge in [0.05, 0.1) is 18.0 Å². The van der Waals surface area contributed by atoms with Crippen molar-refractivity contribution in [3.63, 3.8) is 0 Å². The van der Waals surface area contributed by atoms with Crippen LogP contribution in [-0.4, -0.2) is 29.3 Å². The summed E-state index contributed by atoms with van der Waals surface area (Å²) < 4.78 is 7.75. The summed E-state index contributed by atoms with van der Waals surface area (Å²) in [7, 11) is 1.59. The maximum atomic E-state index is 12.9. The summed E-state index contributed by atoms with van der Waals surface area (Å²) in [6.07, 6.45) is 6.21. The number of azide groups is 1. The fraction of sp³-hybridized carbons (Fsp3) is 0.391. The van der Waals surface area contributed by atoms with Crippen molar-refractivity contribution in [3.8, 4) is 16.2 Å². The Morgan fingerprint density at radius 3 is 2.88 bits per heavy atom. The summed E-state index contributed by atoms with van der Waals surface area (Å²) in [5.41, 5.74) is 10.8. The van der Waals surface area contributed by atoms with Gasteiger partial charge in [-0.25, -0.2) is 4.79 Å². The lowest BCUT2D eigenvalue weighted by atomic mass is 9.88. The number of aromatic nitrogens is 1. The zero-order chi connectivity index (χ0) is 22.4. The smallest absolute Gasteiger partial charge is 0.341 e. The number of thiophene rings is 1. The van der Waals surface area contributed by atoms with Crippen molar-refractivity contribution in [2.75, 3.05) is 13.7 Å². The van der Waals surface area contributed by atoms with Gasteiger partial charge in [0.25, 0.3) is 0 Å². The number of carbonyl (C=O) groups is 1. The van der Waals surface area contributed by atoms with Crippen molar-refractivity contribution in [3.05, 3.63) is 61.1 Å². The van der Waals surface area contributed by atoms with E-state index in [1.54, 1.807) is 24.5 Å². The van der Waals surface area contributed by atoms with Crippen molar-refractivity contribution in [1.82, 2.24) is 4.57 Å². The van der Waals surface area contributed by atoms with Gasteiger partial charge >= 0.3 is 5.97 Å². The van der Waals surface area contributed by atoms with Crippen LogP contribution in [0.3, 0.4) is 0 Å². The summed E-state index contributed by atoms with van der Waals surface area (Å²) in [6, 6.07) is 5.94. The molecule has 0 saturated heterocycles. The van der Waals surface area contributed by atoms with Crippen LogP contribution in [0.5, 0.6) is 5.75 Å². The molecule has 2 aliphatic carbocycles. The number of rotatable bonds is 6. The summed E-state index contributed by atoms with van der Waals surface area (Å²) in [5, 5.41) is 13.6. The van der Waals surface area contributed by atoms with Crippen LogP contribution < -0.4 is 10.2 Å². The molecule has 0 bridgehead atoms. The first kappa shape index (κ1) is 20.6. The Balaban J connectivity index is 1.65.